The maximum Gasteiger partial charge on any atom is 0.262 e. The predicted molar refractivity (Wildman–Crippen MR) is 116 cm³/mol. The Morgan fingerprint density at radius 1 is 1.10 bits per heavy atom. The normalized spacial score (nSPS) is 11.4. The second-order valence-corrected chi connectivity index (χ2v) is 8.04. The molecule has 0 aliphatic heterocycles. The third-order valence-corrected chi connectivity index (χ3v) is 5.89. The van der Waals surface area contributed by atoms with Crippen LogP contribution in [0.4, 0.5) is 0 Å². The molecule has 2 aromatic heterocycles. The minimum Gasteiger partial charge on any atom is -0.293 e. The molecule has 4 aromatic rings. The van der Waals surface area contributed by atoms with Gasteiger partial charge in [-0.05, 0) is 42.8 Å². The number of rotatable bonds is 7. The molecule has 0 atom stereocenters. The van der Waals surface area contributed by atoms with E-state index >= 15 is 0 Å². The van der Waals surface area contributed by atoms with Gasteiger partial charge in [-0.3, -0.25) is 18.6 Å². The van der Waals surface area contributed by atoms with Gasteiger partial charge in [-0.15, -0.1) is 10.2 Å². The van der Waals surface area contributed by atoms with Gasteiger partial charge in [-0.2, -0.15) is 0 Å². The van der Waals surface area contributed by atoms with Gasteiger partial charge in [0.05, 0.1) is 16.7 Å². The number of para-hydroxylation sites is 1. The number of hydrogen-bond donors (Lipinski definition) is 0. The second kappa shape index (κ2) is 8.39. The summed E-state index contributed by atoms with van der Waals surface area (Å²) in [6.07, 6.45) is 1.84. The number of Topliss-reactive ketones (excluding diaryl/α,β-unsaturated/α-hetero) is 1. The van der Waals surface area contributed by atoms with Crippen LogP contribution in [-0.4, -0.2) is 30.7 Å². The Hall–Kier alpha value is -2.64. The standard InChI is InChI=1S/C21H19ClN4O2S/c1-2-3-12-25-19(28)16-6-4-5-7-17(16)26-20(25)23-24-21(26)29-13-18(27)14-8-10-15(22)11-9-14/h4-11H,2-3,12-13H2,1H3. The van der Waals surface area contributed by atoms with Crippen molar-refractivity contribution >= 4 is 45.8 Å². The lowest BCUT2D eigenvalue weighted by Gasteiger charge is -2.10. The summed E-state index contributed by atoms with van der Waals surface area (Å²) in [5.74, 6) is 0.695. The predicted octanol–water partition coefficient (Wildman–Crippen LogP) is 4.47. The van der Waals surface area contributed by atoms with E-state index in [1.807, 2.05) is 28.7 Å². The number of fused-ring (bicyclic) bond motifs is 3. The lowest BCUT2D eigenvalue weighted by atomic mass is 10.1. The summed E-state index contributed by atoms with van der Waals surface area (Å²) in [5, 5.41) is 10.3. The van der Waals surface area contributed by atoms with Gasteiger partial charge in [0.25, 0.3) is 5.56 Å². The van der Waals surface area contributed by atoms with Crippen LogP contribution in [-0.2, 0) is 6.54 Å². The molecular formula is C21H19ClN4O2S. The lowest BCUT2D eigenvalue weighted by molar-refractivity contribution is 0.102. The van der Waals surface area contributed by atoms with E-state index in [1.165, 1.54) is 11.8 Å². The maximum absolute atomic E-state index is 12.9. The fourth-order valence-corrected chi connectivity index (χ4v) is 4.15. The van der Waals surface area contributed by atoms with Gasteiger partial charge in [0.2, 0.25) is 5.78 Å². The van der Waals surface area contributed by atoms with Crippen LogP contribution >= 0.6 is 23.4 Å². The molecule has 6 nitrogen and oxygen atoms in total. The molecule has 0 aliphatic rings. The van der Waals surface area contributed by atoms with Gasteiger partial charge >= 0.3 is 0 Å². The van der Waals surface area contributed by atoms with Crippen LogP contribution in [0.15, 0.2) is 58.5 Å². The highest BCUT2D eigenvalue weighted by Crippen LogP contribution is 2.23. The van der Waals surface area contributed by atoms with Crippen molar-refractivity contribution < 1.29 is 4.79 Å². The van der Waals surface area contributed by atoms with Crippen LogP contribution in [0.25, 0.3) is 16.7 Å². The number of carbonyl (C=O) groups is 1. The summed E-state index contributed by atoms with van der Waals surface area (Å²) in [6.45, 7) is 2.66. The van der Waals surface area contributed by atoms with E-state index in [-0.39, 0.29) is 17.1 Å². The summed E-state index contributed by atoms with van der Waals surface area (Å²) in [6, 6.07) is 14.2. The third kappa shape index (κ3) is 3.80. The van der Waals surface area contributed by atoms with Crippen LogP contribution in [0.5, 0.6) is 0 Å². The number of benzene rings is 2. The third-order valence-electron chi connectivity index (χ3n) is 4.71. The van der Waals surface area contributed by atoms with Crippen LogP contribution in [0.1, 0.15) is 30.1 Å². The van der Waals surface area contributed by atoms with Crippen molar-refractivity contribution in [2.24, 2.45) is 0 Å². The Morgan fingerprint density at radius 2 is 1.86 bits per heavy atom. The SMILES string of the molecule is CCCCn1c(=O)c2ccccc2n2c(SCC(=O)c3ccc(Cl)cc3)nnc12. The summed E-state index contributed by atoms with van der Waals surface area (Å²) < 4.78 is 3.54. The number of thioether (sulfide) groups is 1. The zero-order valence-corrected chi connectivity index (χ0v) is 17.4. The van der Waals surface area contributed by atoms with E-state index in [0.29, 0.717) is 33.5 Å². The number of nitrogens with zero attached hydrogens (tertiary/aromatic N) is 4. The largest absolute Gasteiger partial charge is 0.293 e. The fraction of sp³-hybridized carbons (Fsp3) is 0.238. The molecule has 0 spiro atoms. The molecule has 0 saturated carbocycles. The zero-order valence-electron chi connectivity index (χ0n) is 15.8. The molecular weight excluding hydrogens is 408 g/mol. The first-order valence-electron chi connectivity index (χ1n) is 9.38. The molecule has 2 heterocycles. The fourth-order valence-electron chi connectivity index (χ4n) is 3.19. The highest BCUT2D eigenvalue weighted by Gasteiger charge is 2.17. The van der Waals surface area contributed by atoms with E-state index in [0.717, 1.165) is 18.4 Å². The van der Waals surface area contributed by atoms with Crippen molar-refractivity contribution in [2.75, 3.05) is 5.75 Å². The van der Waals surface area contributed by atoms with Gasteiger partial charge < -0.3 is 0 Å². The summed E-state index contributed by atoms with van der Waals surface area (Å²) in [4.78, 5) is 25.5. The lowest BCUT2D eigenvalue weighted by Crippen LogP contribution is -2.23. The number of halogens is 1. The molecule has 8 heteroatoms. The molecule has 0 aliphatic carbocycles. The number of aromatic nitrogens is 4. The van der Waals surface area contributed by atoms with Crippen molar-refractivity contribution in [2.45, 2.75) is 31.5 Å². The molecule has 0 bridgehead atoms. The Bertz CT molecular complexity index is 1250. The molecule has 0 amide bonds. The molecule has 0 N–H and O–H groups in total. The average molecular weight is 427 g/mol. The molecule has 0 unspecified atom stereocenters. The van der Waals surface area contributed by atoms with Crippen molar-refractivity contribution in [1.82, 2.24) is 19.2 Å². The molecule has 2 aromatic carbocycles. The average Bonchev–Trinajstić information content (AvgIpc) is 3.16. The Morgan fingerprint density at radius 3 is 2.62 bits per heavy atom. The molecule has 4 rings (SSSR count). The Labute approximate surface area is 176 Å². The number of aryl methyl sites for hydroxylation is 1. The van der Waals surface area contributed by atoms with Gasteiger partial charge in [-0.1, -0.05) is 48.8 Å². The van der Waals surface area contributed by atoms with Crippen LogP contribution in [0.3, 0.4) is 0 Å². The number of hydrogen-bond acceptors (Lipinski definition) is 5. The zero-order chi connectivity index (χ0) is 20.4. The maximum atomic E-state index is 12.9. The van der Waals surface area contributed by atoms with E-state index in [2.05, 4.69) is 17.1 Å². The quantitative estimate of drug-likeness (QED) is 0.322. The van der Waals surface area contributed by atoms with Crippen LogP contribution < -0.4 is 5.56 Å². The van der Waals surface area contributed by atoms with E-state index in [4.69, 9.17) is 11.6 Å². The van der Waals surface area contributed by atoms with Crippen LogP contribution in [0.2, 0.25) is 5.02 Å². The smallest absolute Gasteiger partial charge is 0.262 e. The van der Waals surface area contributed by atoms with Crippen molar-refractivity contribution in [3.05, 3.63) is 69.5 Å². The first-order chi connectivity index (χ1) is 14.1. The van der Waals surface area contributed by atoms with E-state index < -0.39 is 0 Å². The number of ketones is 1. The highest BCUT2D eigenvalue weighted by atomic mass is 35.5. The molecule has 0 fully saturated rings. The van der Waals surface area contributed by atoms with Gasteiger partial charge in [0.1, 0.15) is 0 Å². The van der Waals surface area contributed by atoms with E-state index in [1.54, 1.807) is 28.8 Å². The molecule has 148 valence electrons. The summed E-state index contributed by atoms with van der Waals surface area (Å²) in [5.41, 5.74) is 1.27. The Balaban J connectivity index is 1.74. The van der Waals surface area contributed by atoms with Crippen LogP contribution in [0, 0.1) is 0 Å². The minimum atomic E-state index is -0.0669. The van der Waals surface area contributed by atoms with E-state index in [9.17, 15) is 9.59 Å². The van der Waals surface area contributed by atoms with Gasteiger partial charge in [0.15, 0.2) is 10.9 Å². The highest BCUT2D eigenvalue weighted by molar-refractivity contribution is 7.99. The van der Waals surface area contributed by atoms with Crippen molar-refractivity contribution in [3.8, 4) is 0 Å². The topological polar surface area (TPSA) is 69.3 Å². The second-order valence-electron chi connectivity index (χ2n) is 6.66. The molecule has 0 radical (unpaired) electrons. The molecule has 29 heavy (non-hydrogen) atoms. The first-order valence-corrected chi connectivity index (χ1v) is 10.7. The number of unbranched alkanes of at least 4 members (excludes halogenated alkanes) is 1. The van der Waals surface area contributed by atoms with Crippen molar-refractivity contribution in [1.29, 1.82) is 0 Å². The monoisotopic (exact) mass is 426 g/mol. The van der Waals surface area contributed by atoms with Crippen molar-refractivity contribution in [3.63, 3.8) is 0 Å². The Kier molecular flexibility index (Phi) is 5.69. The summed E-state index contributed by atoms with van der Waals surface area (Å²) in [7, 11) is 0. The first kappa shape index (κ1) is 19.7. The molecule has 0 saturated heterocycles. The van der Waals surface area contributed by atoms with Gasteiger partial charge in [-0.25, -0.2) is 0 Å². The summed E-state index contributed by atoms with van der Waals surface area (Å²) >= 11 is 7.20. The van der Waals surface area contributed by atoms with Gasteiger partial charge in [0, 0.05) is 17.1 Å². The number of carbonyl (C=O) groups excluding carboxylic acids is 1. The minimum absolute atomic E-state index is 0.0213.